The van der Waals surface area contributed by atoms with Crippen molar-refractivity contribution in [2.24, 2.45) is 0 Å². The number of hydrogen-bond donors (Lipinski definition) is 3. The topological polar surface area (TPSA) is 67.2 Å². The van der Waals surface area contributed by atoms with Crippen LogP contribution in [0.2, 0.25) is 0 Å². The van der Waals surface area contributed by atoms with Gasteiger partial charge < -0.3 is 15.3 Å². The molecule has 0 bridgehead atoms. The molecular weight excluding hydrogens is 220 g/mol. The minimum absolute atomic E-state index is 0.315. The Labute approximate surface area is 102 Å². The summed E-state index contributed by atoms with van der Waals surface area (Å²) < 4.78 is 0. The second-order valence-electron chi connectivity index (χ2n) is 5.65. The fourth-order valence-electron chi connectivity index (χ4n) is 3.76. The molecule has 0 saturated carbocycles. The van der Waals surface area contributed by atoms with E-state index in [9.17, 15) is 15.3 Å². The fraction of sp³-hybridized carbons (Fsp3) is 1.00. The predicted octanol–water partition coefficient (Wildman–Crippen LogP) is -1.03. The van der Waals surface area contributed by atoms with Crippen molar-refractivity contribution in [1.29, 1.82) is 0 Å². The van der Waals surface area contributed by atoms with E-state index in [1.165, 1.54) is 0 Å². The van der Waals surface area contributed by atoms with Crippen LogP contribution in [-0.4, -0.2) is 75.3 Å². The van der Waals surface area contributed by atoms with Gasteiger partial charge in [0.25, 0.3) is 0 Å². The van der Waals surface area contributed by atoms with Crippen molar-refractivity contribution in [2.45, 2.75) is 49.7 Å². The van der Waals surface area contributed by atoms with Gasteiger partial charge in [-0.15, -0.1) is 0 Å². The minimum atomic E-state index is -0.933. The Balaban J connectivity index is 1.85. The van der Waals surface area contributed by atoms with E-state index in [2.05, 4.69) is 9.80 Å². The summed E-state index contributed by atoms with van der Waals surface area (Å²) in [5.74, 6) is 0. The third-order valence-corrected chi connectivity index (χ3v) is 4.72. The molecule has 0 aromatic rings. The van der Waals surface area contributed by atoms with E-state index in [0.717, 1.165) is 39.0 Å². The average Bonchev–Trinajstić information content (AvgIpc) is 2.92. The Bertz CT molecular complexity index is 295. The molecule has 3 rings (SSSR count). The number of aliphatic hydroxyl groups excluding tert-OH is 2. The zero-order chi connectivity index (χ0) is 12.0. The maximum Gasteiger partial charge on any atom is 0.138 e. The third-order valence-electron chi connectivity index (χ3n) is 4.72. The zero-order valence-corrected chi connectivity index (χ0v) is 10.1. The van der Waals surface area contributed by atoms with E-state index >= 15 is 0 Å². The van der Waals surface area contributed by atoms with Crippen LogP contribution >= 0.6 is 0 Å². The molecule has 5 nitrogen and oxygen atoms in total. The van der Waals surface area contributed by atoms with E-state index in [-0.39, 0.29) is 6.04 Å². The normalized spacial score (nSPS) is 48.5. The molecule has 17 heavy (non-hydrogen) atoms. The van der Waals surface area contributed by atoms with E-state index in [1.54, 1.807) is 0 Å². The molecule has 0 aromatic heterocycles. The first kappa shape index (κ1) is 11.9. The van der Waals surface area contributed by atoms with Gasteiger partial charge in [0.05, 0.1) is 18.2 Å². The highest BCUT2D eigenvalue weighted by Crippen LogP contribution is 2.39. The van der Waals surface area contributed by atoms with Crippen molar-refractivity contribution in [2.75, 3.05) is 26.2 Å². The summed E-state index contributed by atoms with van der Waals surface area (Å²) in [4.78, 5) is 4.23. The quantitative estimate of drug-likeness (QED) is 0.549. The monoisotopic (exact) mass is 242 g/mol. The van der Waals surface area contributed by atoms with E-state index < -0.39 is 17.9 Å². The largest absolute Gasteiger partial charge is 0.390 e. The van der Waals surface area contributed by atoms with Crippen molar-refractivity contribution in [3.8, 4) is 0 Å². The first-order chi connectivity index (χ1) is 8.13. The highest BCUT2D eigenvalue weighted by Gasteiger charge is 2.56. The first-order valence-corrected chi connectivity index (χ1v) is 6.70. The Hall–Kier alpha value is -0.200. The molecule has 4 unspecified atom stereocenters. The number of nitrogens with zero attached hydrogens (tertiary/aromatic N) is 2. The highest BCUT2D eigenvalue weighted by molar-refractivity contribution is 5.07. The Kier molecular flexibility index (Phi) is 2.91. The van der Waals surface area contributed by atoms with Crippen LogP contribution in [0.4, 0.5) is 0 Å². The lowest BCUT2D eigenvalue weighted by molar-refractivity contribution is -0.175. The summed E-state index contributed by atoms with van der Waals surface area (Å²) in [6, 6.07) is -0.315. The second-order valence-corrected chi connectivity index (χ2v) is 5.65. The van der Waals surface area contributed by atoms with E-state index in [0.29, 0.717) is 12.8 Å². The molecule has 0 amide bonds. The van der Waals surface area contributed by atoms with Gasteiger partial charge in [-0.1, -0.05) is 0 Å². The summed E-state index contributed by atoms with van der Waals surface area (Å²) >= 11 is 0. The number of rotatable bonds is 1. The van der Waals surface area contributed by atoms with Crippen molar-refractivity contribution in [3.63, 3.8) is 0 Å². The van der Waals surface area contributed by atoms with Gasteiger partial charge >= 0.3 is 0 Å². The fourth-order valence-corrected chi connectivity index (χ4v) is 3.76. The molecule has 3 fully saturated rings. The molecular formula is C12H22N2O3. The molecule has 0 radical (unpaired) electrons. The van der Waals surface area contributed by atoms with Gasteiger partial charge in [0.2, 0.25) is 0 Å². The van der Waals surface area contributed by atoms with Crippen LogP contribution in [0.3, 0.4) is 0 Å². The second kappa shape index (κ2) is 4.17. The predicted molar refractivity (Wildman–Crippen MR) is 62.4 cm³/mol. The Morgan fingerprint density at radius 2 is 1.71 bits per heavy atom. The van der Waals surface area contributed by atoms with Crippen molar-refractivity contribution < 1.29 is 15.3 Å². The van der Waals surface area contributed by atoms with E-state index in [1.807, 2.05) is 0 Å². The lowest BCUT2D eigenvalue weighted by atomic mass is 9.90. The van der Waals surface area contributed by atoms with Crippen molar-refractivity contribution in [3.05, 3.63) is 0 Å². The average molecular weight is 242 g/mol. The lowest BCUT2D eigenvalue weighted by Crippen LogP contribution is -2.65. The van der Waals surface area contributed by atoms with Gasteiger partial charge in [-0.3, -0.25) is 9.80 Å². The summed E-state index contributed by atoms with van der Waals surface area (Å²) in [6.45, 7) is 3.41. The van der Waals surface area contributed by atoms with Crippen LogP contribution in [0.5, 0.6) is 0 Å². The summed E-state index contributed by atoms with van der Waals surface area (Å²) in [6.07, 6.45) is 2.01. The maximum atomic E-state index is 10.9. The van der Waals surface area contributed by atoms with Crippen LogP contribution in [-0.2, 0) is 0 Å². The smallest absolute Gasteiger partial charge is 0.138 e. The molecule has 3 heterocycles. The molecule has 3 N–H and O–H groups in total. The summed E-state index contributed by atoms with van der Waals surface area (Å²) in [7, 11) is 0. The van der Waals surface area contributed by atoms with Gasteiger partial charge in [-0.25, -0.2) is 0 Å². The van der Waals surface area contributed by atoms with Gasteiger partial charge in [0.15, 0.2) is 0 Å². The molecule has 98 valence electrons. The van der Waals surface area contributed by atoms with Crippen LogP contribution < -0.4 is 0 Å². The molecule has 3 aliphatic rings. The van der Waals surface area contributed by atoms with Gasteiger partial charge in [0.1, 0.15) is 5.72 Å². The molecule has 3 aliphatic heterocycles. The van der Waals surface area contributed by atoms with Gasteiger partial charge in [-0.2, -0.15) is 0 Å². The van der Waals surface area contributed by atoms with Crippen molar-refractivity contribution in [1.82, 2.24) is 9.80 Å². The molecule has 0 aromatic carbocycles. The SMILES string of the molecule is OC1CCN2CCC(O)(N3CCCC3)C2C1O. The van der Waals surface area contributed by atoms with Gasteiger partial charge in [0, 0.05) is 32.6 Å². The van der Waals surface area contributed by atoms with Crippen molar-refractivity contribution >= 4 is 0 Å². The Morgan fingerprint density at radius 3 is 2.41 bits per heavy atom. The van der Waals surface area contributed by atoms with E-state index in [4.69, 9.17) is 0 Å². The van der Waals surface area contributed by atoms with Crippen LogP contribution in [0.1, 0.15) is 25.7 Å². The number of aliphatic hydroxyl groups is 3. The zero-order valence-electron chi connectivity index (χ0n) is 10.1. The number of piperidine rings is 1. The summed E-state index contributed by atoms with van der Waals surface area (Å²) in [5, 5.41) is 30.8. The molecule has 4 atom stereocenters. The number of hydrogen-bond acceptors (Lipinski definition) is 5. The minimum Gasteiger partial charge on any atom is -0.390 e. The standard InChI is InChI=1S/C12H22N2O3/c15-9-3-7-13-8-4-12(17,11(13)10(9)16)14-5-1-2-6-14/h9-11,15-17H,1-8H2. The molecule has 3 saturated heterocycles. The van der Waals surface area contributed by atoms with Crippen LogP contribution in [0.25, 0.3) is 0 Å². The lowest BCUT2D eigenvalue weighted by Gasteiger charge is -2.46. The third kappa shape index (κ3) is 1.72. The molecule has 0 aliphatic carbocycles. The number of likely N-dealkylation sites (tertiary alicyclic amines) is 1. The first-order valence-electron chi connectivity index (χ1n) is 6.70. The summed E-state index contributed by atoms with van der Waals surface area (Å²) in [5.41, 5.74) is -0.933. The maximum absolute atomic E-state index is 10.9. The Morgan fingerprint density at radius 1 is 1.00 bits per heavy atom. The molecule has 5 heteroatoms. The highest BCUT2D eigenvalue weighted by atomic mass is 16.3. The molecule has 0 spiro atoms. The van der Waals surface area contributed by atoms with Crippen LogP contribution in [0, 0.1) is 0 Å². The number of fused-ring (bicyclic) bond motifs is 1. The van der Waals surface area contributed by atoms with Crippen LogP contribution in [0.15, 0.2) is 0 Å². The van der Waals surface area contributed by atoms with Gasteiger partial charge in [-0.05, 0) is 19.3 Å².